The largest absolute Gasteiger partial charge is 0.431 e. The summed E-state index contributed by atoms with van der Waals surface area (Å²) >= 11 is 5.68. The van der Waals surface area contributed by atoms with Gasteiger partial charge in [-0.05, 0) is 23.7 Å². The van der Waals surface area contributed by atoms with Crippen LogP contribution in [-0.2, 0) is 17.6 Å². The summed E-state index contributed by atoms with van der Waals surface area (Å²) < 4.78 is 45.8. The van der Waals surface area contributed by atoms with Crippen molar-refractivity contribution in [2.75, 3.05) is 6.61 Å². The molecule has 4 nitrogen and oxygen atoms in total. The van der Waals surface area contributed by atoms with Crippen molar-refractivity contribution in [1.82, 2.24) is 14.5 Å². The Labute approximate surface area is 132 Å². The molecule has 2 aromatic rings. The van der Waals surface area contributed by atoms with Crippen LogP contribution in [0.15, 0.2) is 12.3 Å². The lowest BCUT2D eigenvalue weighted by Crippen LogP contribution is -2.22. The smallest absolute Gasteiger partial charge is 0.361 e. The Kier molecular flexibility index (Phi) is 4.83. The third-order valence-corrected chi connectivity index (χ3v) is 5.00. The molecule has 0 atom stereocenters. The van der Waals surface area contributed by atoms with Crippen LogP contribution in [0.25, 0.3) is 11.0 Å². The van der Waals surface area contributed by atoms with Gasteiger partial charge in [0.25, 0.3) is 0 Å². The van der Waals surface area contributed by atoms with Crippen LogP contribution >= 0.6 is 11.6 Å². The first kappa shape index (κ1) is 17.2. The number of hydrogen-bond donors (Lipinski definition) is 0. The first-order valence-electron chi connectivity index (χ1n) is 6.75. The van der Waals surface area contributed by atoms with Crippen LogP contribution in [0.3, 0.4) is 0 Å². The van der Waals surface area contributed by atoms with Gasteiger partial charge in [0.1, 0.15) is 18.1 Å². The number of hydrogen-bond acceptors (Lipinski definition) is 3. The minimum atomic E-state index is -4.49. The highest BCUT2D eigenvalue weighted by Gasteiger charge is 2.36. The second-order valence-corrected chi connectivity index (χ2v) is 12.2. The molecule has 0 N–H and O–H groups in total. The van der Waals surface area contributed by atoms with Gasteiger partial charge in [-0.25, -0.2) is 4.98 Å². The molecule has 0 aliphatic heterocycles. The van der Waals surface area contributed by atoms with E-state index in [0.29, 0.717) is 6.61 Å². The molecule has 0 saturated heterocycles. The van der Waals surface area contributed by atoms with E-state index in [0.717, 1.165) is 16.7 Å². The Bertz CT molecular complexity index is 667. The van der Waals surface area contributed by atoms with Crippen LogP contribution in [0.2, 0.25) is 31.0 Å². The van der Waals surface area contributed by atoms with Crippen molar-refractivity contribution in [2.45, 2.75) is 38.6 Å². The zero-order valence-corrected chi connectivity index (χ0v) is 14.3. The molecular formula is C13H17ClF3N3OSi. The van der Waals surface area contributed by atoms with Gasteiger partial charge in [-0.3, -0.25) is 4.57 Å². The van der Waals surface area contributed by atoms with Crippen molar-refractivity contribution in [3.63, 3.8) is 0 Å². The summed E-state index contributed by atoms with van der Waals surface area (Å²) in [5.41, 5.74) is -0.688. The summed E-state index contributed by atoms with van der Waals surface area (Å²) in [6.45, 7) is 6.74. The van der Waals surface area contributed by atoms with E-state index in [4.69, 9.17) is 16.3 Å². The molecular weight excluding hydrogens is 335 g/mol. The lowest BCUT2D eigenvalue weighted by atomic mass is 10.3. The molecule has 0 spiro atoms. The van der Waals surface area contributed by atoms with Crippen molar-refractivity contribution < 1.29 is 17.9 Å². The van der Waals surface area contributed by atoms with Crippen LogP contribution in [0.4, 0.5) is 13.2 Å². The average Bonchev–Trinajstić information content (AvgIpc) is 2.71. The number of aromatic nitrogens is 3. The normalized spacial score (nSPS) is 13.0. The van der Waals surface area contributed by atoms with Crippen LogP contribution < -0.4 is 0 Å². The molecule has 0 aliphatic rings. The van der Waals surface area contributed by atoms with Gasteiger partial charge >= 0.3 is 6.18 Å². The summed E-state index contributed by atoms with van der Waals surface area (Å²) in [4.78, 5) is 7.59. The Hall–Kier alpha value is -1.12. The predicted octanol–water partition coefficient (Wildman–Crippen LogP) is 4.42. The molecule has 0 aromatic carbocycles. The van der Waals surface area contributed by atoms with Gasteiger partial charge < -0.3 is 4.74 Å². The molecule has 2 aromatic heterocycles. The Morgan fingerprint density at radius 3 is 2.59 bits per heavy atom. The van der Waals surface area contributed by atoms with Gasteiger partial charge in [0.15, 0.2) is 0 Å². The van der Waals surface area contributed by atoms with E-state index in [9.17, 15) is 13.2 Å². The molecule has 122 valence electrons. The van der Waals surface area contributed by atoms with Gasteiger partial charge in [-0.2, -0.15) is 18.2 Å². The standard InChI is InChI=1S/C13H17ClF3N3OSi/c1-22(2,3)5-4-21-8-20-10(13(15,16)17)6-9-7-18-12(14)19-11(9)20/h6-7H,4-5,8H2,1-3H3. The zero-order valence-electron chi connectivity index (χ0n) is 12.5. The Morgan fingerprint density at radius 1 is 1.32 bits per heavy atom. The highest BCUT2D eigenvalue weighted by molar-refractivity contribution is 6.76. The summed E-state index contributed by atoms with van der Waals surface area (Å²) in [6.07, 6.45) is -3.21. The average molecular weight is 352 g/mol. The quantitative estimate of drug-likeness (QED) is 0.455. The number of alkyl halides is 3. The van der Waals surface area contributed by atoms with E-state index < -0.39 is 19.9 Å². The summed E-state index contributed by atoms with van der Waals surface area (Å²) in [5.74, 6) is 0. The molecule has 0 unspecified atom stereocenters. The molecule has 0 saturated carbocycles. The van der Waals surface area contributed by atoms with Crippen LogP contribution in [0, 0.1) is 0 Å². The van der Waals surface area contributed by atoms with E-state index in [2.05, 4.69) is 29.6 Å². The van der Waals surface area contributed by atoms with Crippen molar-refractivity contribution in [2.24, 2.45) is 0 Å². The van der Waals surface area contributed by atoms with Gasteiger partial charge in [-0.1, -0.05) is 19.6 Å². The lowest BCUT2D eigenvalue weighted by molar-refractivity contribution is -0.145. The molecule has 22 heavy (non-hydrogen) atoms. The Balaban J connectivity index is 2.27. The van der Waals surface area contributed by atoms with Gasteiger partial charge in [-0.15, -0.1) is 0 Å². The summed E-state index contributed by atoms with van der Waals surface area (Å²) in [7, 11) is -1.30. The zero-order chi connectivity index (χ0) is 16.5. The third-order valence-electron chi connectivity index (χ3n) is 3.11. The minimum Gasteiger partial charge on any atom is -0.361 e. The minimum absolute atomic E-state index is 0.0947. The SMILES string of the molecule is C[Si](C)(C)CCOCn1c(C(F)(F)F)cc2cnc(Cl)nc21. The molecule has 0 radical (unpaired) electrons. The van der Waals surface area contributed by atoms with E-state index in [-0.39, 0.29) is 23.0 Å². The molecule has 0 bridgehead atoms. The monoisotopic (exact) mass is 351 g/mol. The van der Waals surface area contributed by atoms with Crippen LogP contribution in [0.5, 0.6) is 0 Å². The number of rotatable bonds is 5. The fourth-order valence-corrected chi connectivity index (χ4v) is 2.80. The van der Waals surface area contributed by atoms with Crippen LogP contribution in [-0.4, -0.2) is 29.2 Å². The maximum Gasteiger partial charge on any atom is 0.431 e. The number of nitrogens with zero attached hydrogens (tertiary/aromatic N) is 3. The first-order chi connectivity index (χ1) is 10.1. The highest BCUT2D eigenvalue weighted by Crippen LogP contribution is 2.33. The second kappa shape index (κ2) is 6.17. The lowest BCUT2D eigenvalue weighted by Gasteiger charge is -2.17. The van der Waals surface area contributed by atoms with Crippen molar-refractivity contribution >= 4 is 30.7 Å². The molecule has 2 rings (SSSR count). The highest BCUT2D eigenvalue weighted by atomic mass is 35.5. The van der Waals surface area contributed by atoms with Crippen molar-refractivity contribution in [1.29, 1.82) is 0 Å². The molecule has 0 amide bonds. The van der Waals surface area contributed by atoms with Gasteiger partial charge in [0, 0.05) is 26.3 Å². The predicted molar refractivity (Wildman–Crippen MR) is 81.6 cm³/mol. The molecule has 2 heterocycles. The maximum absolute atomic E-state index is 13.1. The molecule has 9 heteroatoms. The van der Waals surface area contributed by atoms with Gasteiger partial charge in [0.2, 0.25) is 5.28 Å². The van der Waals surface area contributed by atoms with E-state index in [1.807, 2.05) is 0 Å². The van der Waals surface area contributed by atoms with Gasteiger partial charge in [0.05, 0.1) is 0 Å². The number of halogens is 4. The van der Waals surface area contributed by atoms with E-state index >= 15 is 0 Å². The number of ether oxygens (including phenoxy) is 1. The van der Waals surface area contributed by atoms with Crippen molar-refractivity contribution in [3.05, 3.63) is 23.2 Å². The van der Waals surface area contributed by atoms with Crippen LogP contribution in [0.1, 0.15) is 5.69 Å². The molecule has 0 aliphatic carbocycles. The first-order valence-corrected chi connectivity index (χ1v) is 10.8. The third kappa shape index (κ3) is 4.20. The second-order valence-electron chi connectivity index (χ2n) is 6.22. The molecule has 0 fully saturated rings. The maximum atomic E-state index is 13.1. The number of fused-ring (bicyclic) bond motifs is 1. The van der Waals surface area contributed by atoms with E-state index in [1.165, 1.54) is 6.20 Å². The fraction of sp³-hybridized carbons (Fsp3) is 0.538. The van der Waals surface area contributed by atoms with E-state index in [1.54, 1.807) is 0 Å². The fourth-order valence-electron chi connectivity index (χ4n) is 1.92. The summed E-state index contributed by atoms with van der Waals surface area (Å²) in [6, 6.07) is 1.89. The topological polar surface area (TPSA) is 39.9 Å². The Morgan fingerprint density at radius 2 is 2.00 bits per heavy atom. The van der Waals surface area contributed by atoms with Crippen molar-refractivity contribution in [3.8, 4) is 0 Å². The summed E-state index contributed by atoms with van der Waals surface area (Å²) in [5, 5.41) is 0.188.